The fraction of sp³-hybridized carbons (Fsp3) is 0.531. The fourth-order valence-electron chi connectivity index (χ4n) is 12.0. The summed E-state index contributed by atoms with van der Waals surface area (Å²) in [6, 6.07) is 13.7. The lowest BCUT2D eigenvalue weighted by Crippen LogP contribution is -2.56. The summed E-state index contributed by atoms with van der Waals surface area (Å²) in [5.41, 5.74) is 4.92. The highest BCUT2D eigenvalue weighted by Gasteiger charge is 2.38. The Kier molecular flexibility index (Phi) is 21.4. The quantitative estimate of drug-likeness (QED) is 0.0939. The number of nitrogens with zero attached hydrogens (tertiary/aromatic N) is 12. The van der Waals surface area contributed by atoms with Gasteiger partial charge < -0.3 is 29.4 Å². The summed E-state index contributed by atoms with van der Waals surface area (Å²) in [4.78, 5) is 39.8. The molecule has 6 fully saturated rings. The number of aromatic nitrogens is 6. The Labute approximate surface area is 549 Å². The van der Waals surface area contributed by atoms with Crippen LogP contribution in [0.1, 0.15) is 122 Å². The largest absolute Gasteiger partial charge is 0.368 e. The van der Waals surface area contributed by atoms with Gasteiger partial charge in [-0.1, -0.05) is 83.8 Å². The van der Waals surface area contributed by atoms with Gasteiger partial charge in [0.1, 0.15) is 32.1 Å². The van der Waals surface area contributed by atoms with Crippen LogP contribution < -0.4 is 29.4 Å². The first-order chi connectivity index (χ1) is 42.5. The van der Waals surface area contributed by atoms with E-state index < -0.39 is 51.9 Å². The molecule has 18 nitrogen and oxygen atoms in total. The van der Waals surface area contributed by atoms with Gasteiger partial charge in [0, 0.05) is 119 Å². The summed E-state index contributed by atoms with van der Waals surface area (Å²) >= 11 is 19.0. The molecule has 91 heavy (non-hydrogen) atoms. The maximum absolute atomic E-state index is 14.2. The third-order valence-electron chi connectivity index (χ3n) is 17.5. The lowest BCUT2D eigenvalue weighted by Gasteiger charge is -2.44. The molecule has 3 aliphatic heterocycles. The van der Waals surface area contributed by atoms with Gasteiger partial charge in [-0.3, -0.25) is 0 Å². The maximum atomic E-state index is 14.2. The van der Waals surface area contributed by atoms with Crippen LogP contribution in [0.4, 0.5) is 48.1 Å². The van der Waals surface area contributed by atoms with Crippen molar-refractivity contribution in [1.29, 1.82) is 0 Å². The van der Waals surface area contributed by atoms with Crippen LogP contribution in [0.5, 0.6) is 0 Å². The minimum Gasteiger partial charge on any atom is -0.368 e. The number of hydrogen-bond acceptors (Lipinski definition) is 18. The zero-order valence-corrected chi connectivity index (χ0v) is 56.8. The topological polar surface area (TPSA) is 199 Å². The molecule has 0 spiro atoms. The first-order valence-corrected chi connectivity index (χ1v) is 37.4. The second kappa shape index (κ2) is 28.0. The van der Waals surface area contributed by atoms with Gasteiger partial charge in [0.15, 0.2) is 29.5 Å². The van der Waals surface area contributed by atoms with Gasteiger partial charge >= 0.3 is 0 Å². The Bertz CT molecular complexity index is 3980. The number of hydrogen-bond donors (Lipinski definition) is 0. The van der Waals surface area contributed by atoms with E-state index in [4.69, 9.17) is 49.8 Å². The second-order valence-corrected chi connectivity index (χ2v) is 32.6. The number of benzene rings is 3. The first kappa shape index (κ1) is 69.5. The molecule has 3 saturated carbocycles. The smallest absolute Gasteiger partial charge is 0.226 e. The van der Waals surface area contributed by atoms with Crippen molar-refractivity contribution in [2.45, 2.75) is 138 Å². The maximum Gasteiger partial charge on any atom is 0.226 e. The van der Waals surface area contributed by atoms with Crippen molar-refractivity contribution in [1.82, 2.24) is 29.9 Å². The minimum absolute atomic E-state index is 0. The summed E-state index contributed by atoms with van der Waals surface area (Å²) in [5.74, 6) is 2.20. The molecule has 12 rings (SSSR count). The Morgan fingerprint density at radius 2 is 0.857 bits per heavy atom. The number of rotatable bonds is 15. The van der Waals surface area contributed by atoms with Crippen LogP contribution in [0.3, 0.4) is 0 Å². The van der Waals surface area contributed by atoms with E-state index in [1.54, 1.807) is 30.6 Å². The van der Waals surface area contributed by atoms with Gasteiger partial charge in [0.2, 0.25) is 17.8 Å². The number of sulfone groups is 3. The number of halogens is 6. The summed E-state index contributed by atoms with van der Waals surface area (Å²) in [5, 5.41) is 1.16. The Hall–Kier alpha value is -5.79. The predicted octanol–water partition coefficient (Wildman–Crippen LogP) is 12.3. The molecular formula is C64H82Cl3F3N12O6S3. The van der Waals surface area contributed by atoms with Gasteiger partial charge in [-0.25, -0.2) is 68.3 Å². The molecule has 494 valence electrons. The molecule has 3 aliphatic carbocycles. The molecule has 0 radical (unpaired) electrons. The van der Waals surface area contributed by atoms with Crippen LogP contribution in [0.25, 0.3) is 0 Å². The van der Waals surface area contributed by atoms with Crippen LogP contribution >= 0.6 is 34.8 Å². The van der Waals surface area contributed by atoms with E-state index in [-0.39, 0.29) is 46.3 Å². The van der Waals surface area contributed by atoms with E-state index in [9.17, 15) is 38.4 Å². The van der Waals surface area contributed by atoms with Crippen LogP contribution in [-0.2, 0) is 29.5 Å². The highest BCUT2D eigenvalue weighted by molar-refractivity contribution is 7.91. The summed E-state index contributed by atoms with van der Waals surface area (Å²) in [6.07, 6.45) is 15.1. The Morgan fingerprint density at radius 3 is 1.24 bits per heavy atom. The lowest BCUT2D eigenvalue weighted by atomic mass is 9.99. The van der Waals surface area contributed by atoms with Gasteiger partial charge in [-0.2, -0.15) is 0 Å². The van der Waals surface area contributed by atoms with Crippen LogP contribution in [0.2, 0.25) is 15.1 Å². The van der Waals surface area contributed by atoms with E-state index in [0.29, 0.717) is 115 Å². The zero-order valence-electron chi connectivity index (χ0n) is 52.0. The average Bonchev–Trinajstić information content (AvgIpc) is 1.73. The van der Waals surface area contributed by atoms with Gasteiger partial charge in [-0.05, 0) is 111 Å². The number of piperazine rings is 3. The third kappa shape index (κ3) is 16.2. The van der Waals surface area contributed by atoms with Crippen molar-refractivity contribution >= 4 is 99.2 Å². The van der Waals surface area contributed by atoms with E-state index >= 15 is 0 Å². The molecule has 27 heteroatoms. The average molecular weight is 1370 g/mol. The van der Waals surface area contributed by atoms with Gasteiger partial charge in [0.25, 0.3) is 0 Å². The summed E-state index contributed by atoms with van der Waals surface area (Å²) in [7, 11) is -11.0. The molecule has 3 atom stereocenters. The molecule has 6 heterocycles. The van der Waals surface area contributed by atoms with Crippen molar-refractivity contribution in [2.75, 3.05) is 107 Å². The third-order valence-corrected chi connectivity index (χ3v) is 22.0. The molecule has 6 aliphatic rings. The molecule has 6 aromatic rings. The highest BCUT2D eigenvalue weighted by Crippen LogP contribution is 2.45. The van der Waals surface area contributed by atoms with Crippen LogP contribution in [0, 0.1) is 35.2 Å². The van der Waals surface area contributed by atoms with Crippen molar-refractivity contribution in [3.05, 3.63) is 123 Å². The van der Waals surface area contributed by atoms with E-state index in [1.165, 1.54) is 43.2 Å². The molecule has 0 unspecified atom stereocenters. The summed E-state index contributed by atoms with van der Waals surface area (Å²) < 4.78 is 114. The van der Waals surface area contributed by atoms with Gasteiger partial charge in [-0.15, -0.1) is 0 Å². The molecule has 3 saturated heterocycles. The zero-order chi connectivity index (χ0) is 64.9. The van der Waals surface area contributed by atoms with Crippen molar-refractivity contribution in [3.63, 3.8) is 0 Å². The van der Waals surface area contributed by atoms with Crippen molar-refractivity contribution < 1.29 is 38.4 Å². The molecule has 3 aromatic carbocycles. The monoisotopic (exact) mass is 1370 g/mol. The van der Waals surface area contributed by atoms with Crippen LogP contribution in [-0.4, -0.2) is 151 Å². The first-order valence-electron chi connectivity index (χ1n) is 30.6. The van der Waals surface area contributed by atoms with E-state index in [1.807, 2.05) is 17.2 Å². The second-order valence-electron chi connectivity index (χ2n) is 25.5. The van der Waals surface area contributed by atoms with Crippen LogP contribution in [0.15, 0.2) is 87.9 Å². The van der Waals surface area contributed by atoms with Crippen molar-refractivity contribution in [3.8, 4) is 0 Å². The SMILES string of the molecule is C.CC(C)[C@@H]1CN(c2ccc(F)c(S(C)(=O)=O)c2)CCN1c1ncc(Cl)c(C2CC2)n1.CC(C)[C@@H]1CN(c2ccc(F)c(S(C)(=O)=O)c2)CCN1c1nccc(C2CC2)n1.CC(C)[C@@H]1CN(c2ccc(F)c(S(C)(=O)=O)c2Cl)CCN1c1ncc(Cl)c(C2CC2)n1. The molecule has 0 N–H and O–H groups in total. The molecular weight excluding hydrogens is 1290 g/mol. The molecule has 0 amide bonds. The predicted molar refractivity (Wildman–Crippen MR) is 357 cm³/mol. The minimum atomic E-state index is -3.80. The van der Waals surface area contributed by atoms with Crippen molar-refractivity contribution in [2.24, 2.45) is 17.8 Å². The summed E-state index contributed by atoms with van der Waals surface area (Å²) in [6.45, 7) is 18.7. The van der Waals surface area contributed by atoms with E-state index in [2.05, 4.69) is 81.0 Å². The molecule has 0 bridgehead atoms. The highest BCUT2D eigenvalue weighted by atomic mass is 35.5. The molecule has 3 aromatic heterocycles. The van der Waals surface area contributed by atoms with E-state index in [0.717, 1.165) is 79.7 Å². The Morgan fingerprint density at radius 1 is 0.473 bits per heavy atom. The number of anilines is 6. The lowest BCUT2D eigenvalue weighted by molar-refractivity contribution is 0.413. The normalized spacial score (nSPS) is 19.9. The Balaban J connectivity index is 0.000000161. The van der Waals surface area contributed by atoms with Gasteiger partial charge in [0.05, 0.1) is 62.7 Å². The fourth-order valence-corrected chi connectivity index (χ4v) is 15.6. The standard InChI is InChI=1S/C21H25Cl2FN4O2S.C21H26ClFN4O2S.C21H27FN4O2S.CH4/c1-12(2)17-11-27(16-7-6-15(24)20(18(16)23)31(3,29)30)8-9-28(17)21-25-10-14(22)19(26-21)13-4-5-13;1-13(2)18-12-26(15-6-7-17(23)19(10-15)30(3,28)29)8-9-27(18)21-24-11-16(22)20(25-21)14-4-5-14;1-14(2)19-13-25(16-6-7-17(22)20(12-16)29(3,27)28)10-11-26(19)21-23-9-8-18(24-21)15-4-5-15;/h6-7,10,12-13,17H,4-5,8-9,11H2,1-3H3;6-7,10-11,13-14,18H,4-5,8-9,12H2,1-3H3;6-9,12,14-15,19H,4-5,10-11,13H2,1-3H3;1H4/t17-;18-;19-;/m000./s1.